The highest BCUT2D eigenvalue weighted by Crippen LogP contribution is 2.15. The first-order chi connectivity index (χ1) is 10.8. The molecule has 0 aliphatic rings. The summed E-state index contributed by atoms with van der Waals surface area (Å²) >= 11 is 0. The van der Waals surface area contributed by atoms with Crippen LogP contribution in [0.15, 0.2) is 61.1 Å². The van der Waals surface area contributed by atoms with Crippen molar-refractivity contribution < 1.29 is 4.79 Å². The third-order valence-corrected chi connectivity index (χ3v) is 3.76. The number of aromatic nitrogens is 3. The first kappa shape index (κ1) is 12.6. The zero-order chi connectivity index (χ0) is 14.9. The van der Waals surface area contributed by atoms with E-state index in [2.05, 4.69) is 15.4 Å². The summed E-state index contributed by atoms with van der Waals surface area (Å²) in [5, 5.41) is 8.24. The van der Waals surface area contributed by atoms with Gasteiger partial charge in [-0.1, -0.05) is 6.07 Å². The summed E-state index contributed by atoms with van der Waals surface area (Å²) in [4.78, 5) is 15.4. The standard InChI is InChI=1S/C17H14N4O/c22-17(13-4-5-15-12(9-13)6-7-18-15)19-10-14-11-20-21-8-2-1-3-16(14)21/h1-9,11,18H,10H2,(H,19,22). The van der Waals surface area contributed by atoms with Crippen LogP contribution in [0, 0.1) is 0 Å². The van der Waals surface area contributed by atoms with Crippen LogP contribution in [0.4, 0.5) is 0 Å². The van der Waals surface area contributed by atoms with Crippen LogP contribution in [0.2, 0.25) is 0 Å². The van der Waals surface area contributed by atoms with Crippen LogP contribution in [-0.4, -0.2) is 20.5 Å². The normalized spacial score (nSPS) is 11.1. The van der Waals surface area contributed by atoms with Gasteiger partial charge in [-0.3, -0.25) is 4.79 Å². The highest BCUT2D eigenvalue weighted by Gasteiger charge is 2.09. The molecule has 2 N–H and O–H groups in total. The van der Waals surface area contributed by atoms with Gasteiger partial charge in [-0.15, -0.1) is 0 Å². The number of aromatic amines is 1. The van der Waals surface area contributed by atoms with Crippen LogP contribution < -0.4 is 5.32 Å². The number of fused-ring (bicyclic) bond motifs is 2. The molecule has 0 saturated carbocycles. The summed E-state index contributed by atoms with van der Waals surface area (Å²) in [6, 6.07) is 13.5. The number of rotatable bonds is 3. The third-order valence-electron chi connectivity index (χ3n) is 3.76. The van der Waals surface area contributed by atoms with E-state index in [4.69, 9.17) is 0 Å². The van der Waals surface area contributed by atoms with Gasteiger partial charge in [0.2, 0.25) is 0 Å². The Kier molecular flexibility index (Phi) is 2.89. The molecule has 22 heavy (non-hydrogen) atoms. The Morgan fingerprint density at radius 1 is 1.23 bits per heavy atom. The average molecular weight is 290 g/mol. The molecule has 0 saturated heterocycles. The fourth-order valence-corrected chi connectivity index (χ4v) is 2.60. The maximum Gasteiger partial charge on any atom is 0.251 e. The molecule has 0 unspecified atom stereocenters. The van der Waals surface area contributed by atoms with E-state index in [-0.39, 0.29) is 5.91 Å². The lowest BCUT2D eigenvalue weighted by Crippen LogP contribution is -2.22. The van der Waals surface area contributed by atoms with Crippen molar-refractivity contribution in [3.05, 3.63) is 72.2 Å². The molecular formula is C17H14N4O. The zero-order valence-corrected chi connectivity index (χ0v) is 11.8. The Balaban J connectivity index is 1.54. The minimum atomic E-state index is -0.0848. The van der Waals surface area contributed by atoms with Crippen LogP contribution >= 0.6 is 0 Å². The molecule has 0 aliphatic heterocycles. The quantitative estimate of drug-likeness (QED) is 0.609. The third kappa shape index (κ3) is 2.13. The van der Waals surface area contributed by atoms with Crippen LogP contribution in [0.1, 0.15) is 15.9 Å². The minimum Gasteiger partial charge on any atom is -0.361 e. The molecule has 0 aliphatic carbocycles. The number of H-pyrrole nitrogens is 1. The first-order valence-electron chi connectivity index (χ1n) is 7.08. The van der Waals surface area contributed by atoms with Crippen molar-refractivity contribution in [1.82, 2.24) is 19.9 Å². The highest BCUT2D eigenvalue weighted by atomic mass is 16.1. The molecule has 3 heterocycles. The molecule has 1 amide bonds. The van der Waals surface area contributed by atoms with E-state index >= 15 is 0 Å². The van der Waals surface area contributed by atoms with Crippen molar-refractivity contribution in [3.8, 4) is 0 Å². The topological polar surface area (TPSA) is 62.2 Å². The molecule has 0 atom stereocenters. The minimum absolute atomic E-state index is 0.0848. The summed E-state index contributed by atoms with van der Waals surface area (Å²) in [6.45, 7) is 0.456. The van der Waals surface area contributed by atoms with Gasteiger partial charge in [0.15, 0.2) is 0 Å². The first-order valence-corrected chi connectivity index (χ1v) is 7.08. The predicted octanol–water partition coefficient (Wildman–Crippen LogP) is 2.75. The molecule has 5 nitrogen and oxygen atoms in total. The molecule has 4 rings (SSSR count). The molecule has 5 heteroatoms. The maximum absolute atomic E-state index is 12.3. The number of nitrogens with one attached hydrogen (secondary N) is 2. The smallest absolute Gasteiger partial charge is 0.251 e. The monoisotopic (exact) mass is 290 g/mol. The Morgan fingerprint density at radius 2 is 2.18 bits per heavy atom. The summed E-state index contributed by atoms with van der Waals surface area (Å²) in [6.07, 6.45) is 5.54. The Morgan fingerprint density at radius 3 is 3.14 bits per heavy atom. The van der Waals surface area contributed by atoms with E-state index in [1.807, 2.05) is 54.9 Å². The highest BCUT2D eigenvalue weighted by molar-refractivity contribution is 5.98. The van der Waals surface area contributed by atoms with Crippen molar-refractivity contribution in [2.24, 2.45) is 0 Å². The van der Waals surface area contributed by atoms with Gasteiger partial charge in [0.1, 0.15) is 0 Å². The Hall–Kier alpha value is -3.08. The van der Waals surface area contributed by atoms with Crippen LogP contribution in [0.5, 0.6) is 0 Å². The number of hydrogen-bond acceptors (Lipinski definition) is 2. The number of carbonyl (C=O) groups excluding carboxylic acids is 1. The lowest BCUT2D eigenvalue weighted by molar-refractivity contribution is 0.0951. The van der Waals surface area contributed by atoms with Gasteiger partial charge >= 0.3 is 0 Å². The zero-order valence-electron chi connectivity index (χ0n) is 11.8. The average Bonchev–Trinajstić information content (AvgIpc) is 3.18. The summed E-state index contributed by atoms with van der Waals surface area (Å²) in [5.74, 6) is -0.0848. The molecule has 108 valence electrons. The second kappa shape index (κ2) is 5.04. The largest absolute Gasteiger partial charge is 0.361 e. The number of carbonyl (C=O) groups is 1. The summed E-state index contributed by atoms with van der Waals surface area (Å²) < 4.78 is 1.80. The number of hydrogen-bond donors (Lipinski definition) is 2. The van der Waals surface area contributed by atoms with Gasteiger partial charge in [0.25, 0.3) is 5.91 Å². The predicted molar refractivity (Wildman–Crippen MR) is 84.7 cm³/mol. The molecule has 1 aromatic carbocycles. The number of pyridine rings is 1. The maximum atomic E-state index is 12.3. The van der Waals surface area contributed by atoms with Crippen molar-refractivity contribution in [2.75, 3.05) is 0 Å². The number of benzene rings is 1. The molecule has 0 radical (unpaired) electrons. The number of amides is 1. The van der Waals surface area contributed by atoms with Crippen LogP contribution in [0.3, 0.4) is 0 Å². The number of nitrogens with zero attached hydrogens (tertiary/aromatic N) is 2. The van der Waals surface area contributed by atoms with Gasteiger partial charge in [-0.25, -0.2) is 4.52 Å². The van der Waals surface area contributed by atoms with E-state index in [1.165, 1.54) is 0 Å². The van der Waals surface area contributed by atoms with Gasteiger partial charge < -0.3 is 10.3 Å². The van der Waals surface area contributed by atoms with E-state index in [1.54, 1.807) is 10.7 Å². The summed E-state index contributed by atoms with van der Waals surface area (Å²) in [7, 11) is 0. The molecule has 3 aromatic heterocycles. The van der Waals surface area contributed by atoms with Gasteiger partial charge in [-0.2, -0.15) is 5.10 Å². The van der Waals surface area contributed by atoms with Gasteiger partial charge in [0.05, 0.1) is 11.7 Å². The second-order valence-corrected chi connectivity index (χ2v) is 5.16. The lowest BCUT2D eigenvalue weighted by atomic mass is 10.1. The van der Waals surface area contributed by atoms with Crippen molar-refractivity contribution in [3.63, 3.8) is 0 Å². The van der Waals surface area contributed by atoms with Crippen molar-refractivity contribution >= 4 is 22.3 Å². The van der Waals surface area contributed by atoms with Crippen molar-refractivity contribution in [1.29, 1.82) is 0 Å². The molecule has 0 spiro atoms. The van der Waals surface area contributed by atoms with Gasteiger partial charge in [0, 0.05) is 41.0 Å². The fraction of sp³-hybridized carbons (Fsp3) is 0.0588. The molecule has 0 bridgehead atoms. The molecule has 4 aromatic rings. The second-order valence-electron chi connectivity index (χ2n) is 5.16. The van der Waals surface area contributed by atoms with E-state index in [9.17, 15) is 4.79 Å². The Bertz CT molecular complexity index is 967. The van der Waals surface area contributed by atoms with Crippen molar-refractivity contribution in [2.45, 2.75) is 6.54 Å². The Labute approximate surface area is 126 Å². The SMILES string of the molecule is O=C(NCc1cnn2ccccc12)c1ccc2[nH]ccc2c1. The fourth-order valence-electron chi connectivity index (χ4n) is 2.60. The van der Waals surface area contributed by atoms with E-state index in [0.717, 1.165) is 22.0 Å². The van der Waals surface area contributed by atoms with Crippen LogP contribution in [0.25, 0.3) is 16.4 Å². The molecule has 0 fully saturated rings. The van der Waals surface area contributed by atoms with E-state index < -0.39 is 0 Å². The van der Waals surface area contributed by atoms with E-state index in [0.29, 0.717) is 12.1 Å². The van der Waals surface area contributed by atoms with Crippen LogP contribution in [-0.2, 0) is 6.54 Å². The van der Waals surface area contributed by atoms with Gasteiger partial charge in [-0.05, 0) is 36.4 Å². The summed E-state index contributed by atoms with van der Waals surface area (Å²) in [5.41, 5.74) is 3.68. The molecular weight excluding hydrogens is 276 g/mol. The lowest BCUT2D eigenvalue weighted by Gasteiger charge is -2.04.